The standard InChI is InChI=1S/C13H13ClFN5O2/c1-20-8(4-6-2-3-6)9(11(19-20)22-13(16)21)10-7(15)5-17-12(14)18-10/h5-6H,2-4H2,1H3,(H2,16,21). The van der Waals surface area contributed by atoms with Gasteiger partial charge in [0.25, 0.3) is 5.88 Å². The van der Waals surface area contributed by atoms with Crippen LogP contribution in [-0.2, 0) is 13.5 Å². The monoisotopic (exact) mass is 325 g/mol. The summed E-state index contributed by atoms with van der Waals surface area (Å²) in [5.74, 6) is -0.251. The first-order chi connectivity index (χ1) is 10.5. The number of halogens is 2. The molecule has 1 aliphatic carbocycles. The topological polar surface area (TPSA) is 95.9 Å². The fourth-order valence-electron chi connectivity index (χ4n) is 2.29. The molecule has 116 valence electrons. The maximum Gasteiger partial charge on any atom is 0.411 e. The van der Waals surface area contributed by atoms with E-state index in [1.54, 1.807) is 11.7 Å². The lowest BCUT2D eigenvalue weighted by atomic mass is 10.1. The highest BCUT2D eigenvalue weighted by Gasteiger charge is 2.30. The highest BCUT2D eigenvalue weighted by molar-refractivity contribution is 6.28. The molecule has 0 spiro atoms. The van der Waals surface area contributed by atoms with Gasteiger partial charge < -0.3 is 10.5 Å². The Kier molecular flexibility index (Phi) is 3.69. The van der Waals surface area contributed by atoms with Gasteiger partial charge in [0.05, 0.1) is 17.5 Å². The van der Waals surface area contributed by atoms with Crippen LogP contribution >= 0.6 is 11.6 Å². The number of carbonyl (C=O) groups excluding carboxylic acids is 1. The van der Waals surface area contributed by atoms with E-state index in [1.165, 1.54) is 0 Å². The normalized spacial score (nSPS) is 14.1. The van der Waals surface area contributed by atoms with Crippen molar-refractivity contribution in [3.63, 3.8) is 0 Å². The summed E-state index contributed by atoms with van der Waals surface area (Å²) in [6.07, 6.45) is 2.82. The average Bonchev–Trinajstić information content (AvgIpc) is 3.19. The Labute approximate surface area is 130 Å². The summed E-state index contributed by atoms with van der Waals surface area (Å²) in [4.78, 5) is 18.5. The van der Waals surface area contributed by atoms with Gasteiger partial charge in [-0.2, -0.15) is 0 Å². The van der Waals surface area contributed by atoms with Crippen molar-refractivity contribution in [2.45, 2.75) is 19.3 Å². The summed E-state index contributed by atoms with van der Waals surface area (Å²) < 4.78 is 20.6. The number of nitrogens with zero attached hydrogens (tertiary/aromatic N) is 4. The predicted octanol–water partition coefficient (Wildman–Crippen LogP) is 2.08. The number of carbonyl (C=O) groups is 1. The maximum absolute atomic E-state index is 14.1. The summed E-state index contributed by atoms with van der Waals surface area (Å²) in [6.45, 7) is 0. The van der Waals surface area contributed by atoms with Crippen LogP contribution in [0, 0.1) is 11.7 Å². The van der Waals surface area contributed by atoms with E-state index in [0.29, 0.717) is 18.0 Å². The van der Waals surface area contributed by atoms with Crippen molar-refractivity contribution in [1.29, 1.82) is 0 Å². The average molecular weight is 326 g/mol. The Hall–Kier alpha value is -2.22. The summed E-state index contributed by atoms with van der Waals surface area (Å²) >= 11 is 5.75. The Morgan fingerprint density at radius 3 is 2.95 bits per heavy atom. The van der Waals surface area contributed by atoms with Gasteiger partial charge in [0, 0.05) is 7.05 Å². The third-order valence-corrected chi connectivity index (χ3v) is 3.64. The molecule has 0 unspecified atom stereocenters. The summed E-state index contributed by atoms with van der Waals surface area (Å²) in [7, 11) is 1.69. The molecule has 22 heavy (non-hydrogen) atoms. The van der Waals surface area contributed by atoms with Crippen LogP contribution in [0.4, 0.5) is 9.18 Å². The molecule has 2 aromatic heterocycles. The van der Waals surface area contributed by atoms with E-state index < -0.39 is 11.9 Å². The molecule has 7 nitrogen and oxygen atoms in total. The van der Waals surface area contributed by atoms with Crippen LogP contribution in [-0.4, -0.2) is 25.8 Å². The molecule has 0 radical (unpaired) electrons. The summed E-state index contributed by atoms with van der Waals surface area (Å²) in [6, 6.07) is 0. The Balaban J connectivity index is 2.16. The van der Waals surface area contributed by atoms with E-state index in [2.05, 4.69) is 15.1 Å². The Morgan fingerprint density at radius 2 is 2.32 bits per heavy atom. The van der Waals surface area contributed by atoms with Gasteiger partial charge in [-0.05, 0) is 36.8 Å². The molecule has 1 aliphatic rings. The van der Waals surface area contributed by atoms with Crippen LogP contribution in [0.25, 0.3) is 11.3 Å². The van der Waals surface area contributed by atoms with Crippen LogP contribution in [0.5, 0.6) is 5.88 Å². The van der Waals surface area contributed by atoms with Crippen molar-refractivity contribution in [2.24, 2.45) is 18.7 Å². The quantitative estimate of drug-likeness (QED) is 0.868. The van der Waals surface area contributed by atoms with Crippen molar-refractivity contribution < 1.29 is 13.9 Å². The highest BCUT2D eigenvalue weighted by atomic mass is 35.5. The highest BCUT2D eigenvalue weighted by Crippen LogP contribution is 2.39. The second-order valence-electron chi connectivity index (χ2n) is 5.15. The number of aromatic nitrogens is 4. The molecule has 2 aromatic rings. The van der Waals surface area contributed by atoms with Gasteiger partial charge in [0.15, 0.2) is 5.82 Å². The predicted molar refractivity (Wildman–Crippen MR) is 75.8 cm³/mol. The van der Waals surface area contributed by atoms with Gasteiger partial charge >= 0.3 is 6.09 Å². The molecule has 0 aliphatic heterocycles. The van der Waals surface area contributed by atoms with Gasteiger partial charge in [-0.25, -0.2) is 19.2 Å². The van der Waals surface area contributed by atoms with Crippen LogP contribution in [0.1, 0.15) is 18.5 Å². The molecule has 1 fully saturated rings. The fraction of sp³-hybridized carbons (Fsp3) is 0.385. The number of hydrogen-bond acceptors (Lipinski definition) is 5. The Morgan fingerprint density at radius 1 is 1.59 bits per heavy atom. The van der Waals surface area contributed by atoms with Crippen molar-refractivity contribution in [3.05, 3.63) is 23.0 Å². The Bertz CT molecular complexity index is 744. The molecule has 1 amide bonds. The van der Waals surface area contributed by atoms with E-state index in [0.717, 1.165) is 19.0 Å². The number of rotatable bonds is 4. The van der Waals surface area contributed by atoms with Crippen LogP contribution in [0.2, 0.25) is 5.28 Å². The van der Waals surface area contributed by atoms with E-state index in [1.807, 2.05) is 0 Å². The third kappa shape index (κ3) is 2.87. The van der Waals surface area contributed by atoms with Crippen molar-refractivity contribution in [2.75, 3.05) is 0 Å². The summed E-state index contributed by atoms with van der Waals surface area (Å²) in [5, 5.41) is 3.99. The van der Waals surface area contributed by atoms with E-state index in [-0.39, 0.29) is 22.4 Å². The molecular formula is C13H13ClFN5O2. The van der Waals surface area contributed by atoms with E-state index >= 15 is 0 Å². The van der Waals surface area contributed by atoms with Crippen molar-refractivity contribution in [1.82, 2.24) is 19.7 Å². The minimum Gasteiger partial charge on any atom is -0.389 e. The molecule has 2 heterocycles. The zero-order chi connectivity index (χ0) is 15.9. The molecule has 9 heteroatoms. The second kappa shape index (κ2) is 5.53. The first-order valence-corrected chi connectivity index (χ1v) is 7.05. The zero-order valence-corrected chi connectivity index (χ0v) is 12.5. The fourth-order valence-corrected chi connectivity index (χ4v) is 2.42. The molecule has 0 aromatic carbocycles. The molecule has 0 bridgehead atoms. The number of hydrogen-bond donors (Lipinski definition) is 1. The van der Waals surface area contributed by atoms with Gasteiger partial charge in [-0.1, -0.05) is 0 Å². The zero-order valence-electron chi connectivity index (χ0n) is 11.7. The molecule has 3 rings (SSSR count). The van der Waals surface area contributed by atoms with Crippen molar-refractivity contribution >= 4 is 17.7 Å². The number of ether oxygens (including phenoxy) is 1. The molecule has 0 saturated heterocycles. The van der Waals surface area contributed by atoms with Crippen LogP contribution in [0.3, 0.4) is 0 Å². The molecule has 1 saturated carbocycles. The minimum atomic E-state index is -1.03. The number of primary amides is 1. The lowest BCUT2D eigenvalue weighted by Crippen LogP contribution is -2.17. The molecule has 2 N–H and O–H groups in total. The number of aryl methyl sites for hydroxylation is 1. The van der Waals surface area contributed by atoms with E-state index in [4.69, 9.17) is 22.1 Å². The van der Waals surface area contributed by atoms with Crippen molar-refractivity contribution in [3.8, 4) is 17.1 Å². The number of amides is 1. The number of nitrogens with two attached hydrogens (primary N) is 1. The largest absolute Gasteiger partial charge is 0.411 e. The molecular weight excluding hydrogens is 313 g/mol. The molecule has 0 atom stereocenters. The van der Waals surface area contributed by atoms with Gasteiger partial charge in [0.1, 0.15) is 5.69 Å². The minimum absolute atomic E-state index is 0.0556. The first-order valence-electron chi connectivity index (χ1n) is 6.67. The first kappa shape index (κ1) is 14.7. The summed E-state index contributed by atoms with van der Waals surface area (Å²) in [5.41, 5.74) is 6.00. The van der Waals surface area contributed by atoms with Gasteiger partial charge in [-0.15, -0.1) is 5.10 Å². The van der Waals surface area contributed by atoms with Gasteiger partial charge in [0.2, 0.25) is 5.28 Å². The lowest BCUT2D eigenvalue weighted by Gasteiger charge is -2.07. The second-order valence-corrected chi connectivity index (χ2v) is 5.49. The third-order valence-electron chi connectivity index (χ3n) is 3.46. The van der Waals surface area contributed by atoms with Gasteiger partial charge in [-0.3, -0.25) is 4.68 Å². The van der Waals surface area contributed by atoms with Crippen LogP contribution < -0.4 is 10.5 Å². The maximum atomic E-state index is 14.1. The smallest absolute Gasteiger partial charge is 0.389 e. The SMILES string of the molecule is Cn1nc(OC(N)=O)c(-c2nc(Cl)ncc2F)c1CC1CC1. The van der Waals surface area contributed by atoms with Crippen LogP contribution in [0.15, 0.2) is 6.20 Å². The van der Waals surface area contributed by atoms with E-state index in [9.17, 15) is 9.18 Å². The lowest BCUT2D eigenvalue weighted by molar-refractivity contribution is 0.209.